The third kappa shape index (κ3) is 4.34. The van der Waals surface area contributed by atoms with Crippen molar-refractivity contribution in [2.75, 3.05) is 44.2 Å². The maximum Gasteiger partial charge on any atom is 0.225 e. The number of hydrogen-bond acceptors (Lipinski definition) is 4. The van der Waals surface area contributed by atoms with E-state index in [0.717, 1.165) is 64.3 Å². The number of amides is 1. The summed E-state index contributed by atoms with van der Waals surface area (Å²) in [5.74, 6) is 1.39. The Morgan fingerprint density at radius 2 is 1.92 bits per heavy atom. The average Bonchev–Trinajstić information content (AvgIpc) is 2.94. The van der Waals surface area contributed by atoms with Gasteiger partial charge in [-0.1, -0.05) is 6.07 Å². The average molecular weight is 355 g/mol. The quantitative estimate of drug-likeness (QED) is 0.782. The number of pyridine rings is 1. The van der Waals surface area contributed by atoms with Crippen LogP contribution in [0.2, 0.25) is 0 Å². The summed E-state index contributed by atoms with van der Waals surface area (Å²) in [4.78, 5) is 27.5. The second-order valence-corrected chi connectivity index (χ2v) is 7.56. The second kappa shape index (κ2) is 8.50. The van der Waals surface area contributed by atoms with Crippen LogP contribution in [-0.2, 0) is 4.79 Å². The van der Waals surface area contributed by atoms with E-state index in [0.29, 0.717) is 17.6 Å². The Morgan fingerprint density at radius 3 is 2.54 bits per heavy atom. The van der Waals surface area contributed by atoms with Crippen LogP contribution in [-0.4, -0.2) is 66.0 Å². The number of hydrogen-bond donors (Lipinski definition) is 0. The van der Waals surface area contributed by atoms with Gasteiger partial charge in [0.05, 0.1) is 6.57 Å². The van der Waals surface area contributed by atoms with E-state index in [1.54, 1.807) is 6.20 Å². The molecule has 0 radical (unpaired) electrons. The normalized spacial score (nSPS) is 20.1. The minimum absolute atomic E-state index is 0.138. The van der Waals surface area contributed by atoms with Crippen LogP contribution in [0.5, 0.6) is 0 Å². The summed E-state index contributed by atoms with van der Waals surface area (Å²) in [6.45, 7) is 17.0. The molecule has 1 aromatic rings. The molecule has 1 aromatic heterocycles. The van der Waals surface area contributed by atoms with Crippen LogP contribution >= 0.6 is 0 Å². The van der Waals surface area contributed by atoms with Crippen molar-refractivity contribution >= 4 is 17.4 Å². The van der Waals surface area contributed by atoms with E-state index < -0.39 is 0 Å². The number of carbonyl (C=O) groups is 1. The van der Waals surface area contributed by atoms with Crippen molar-refractivity contribution in [3.05, 3.63) is 29.7 Å². The van der Waals surface area contributed by atoms with Crippen molar-refractivity contribution < 1.29 is 4.79 Å². The van der Waals surface area contributed by atoms with E-state index in [2.05, 4.69) is 38.4 Å². The van der Waals surface area contributed by atoms with Gasteiger partial charge in [-0.2, -0.15) is 0 Å². The van der Waals surface area contributed by atoms with Crippen LogP contribution in [0, 0.1) is 12.5 Å². The molecule has 6 nitrogen and oxygen atoms in total. The first-order valence-corrected chi connectivity index (χ1v) is 9.70. The summed E-state index contributed by atoms with van der Waals surface area (Å²) < 4.78 is 0. The maximum atomic E-state index is 12.9. The van der Waals surface area contributed by atoms with Gasteiger partial charge in [0, 0.05) is 57.4 Å². The van der Waals surface area contributed by atoms with E-state index in [1.165, 1.54) is 0 Å². The molecular weight excluding hydrogens is 326 g/mol. The predicted molar refractivity (Wildman–Crippen MR) is 103 cm³/mol. The molecule has 0 unspecified atom stereocenters. The zero-order chi connectivity index (χ0) is 18.5. The molecule has 0 N–H and O–H groups in total. The molecule has 26 heavy (non-hydrogen) atoms. The molecule has 0 saturated carbocycles. The lowest BCUT2D eigenvalue weighted by Crippen LogP contribution is -2.44. The van der Waals surface area contributed by atoms with Crippen molar-refractivity contribution in [3.8, 4) is 0 Å². The fourth-order valence-corrected chi connectivity index (χ4v) is 3.92. The summed E-state index contributed by atoms with van der Waals surface area (Å²) in [7, 11) is 0. The Bertz CT molecular complexity index is 643. The van der Waals surface area contributed by atoms with E-state index >= 15 is 0 Å². The summed E-state index contributed by atoms with van der Waals surface area (Å²) in [5.41, 5.74) is 0.565. The standard InChI is InChI=1S/C20H29N5O/c1-16(2)23-9-4-10-25(14-13-23)20(26)17-7-11-24(12-8-17)19-6-5-18(21-3)15-22-19/h5-6,15-17H,4,7-14H2,1-2H3. The van der Waals surface area contributed by atoms with Gasteiger partial charge >= 0.3 is 0 Å². The highest BCUT2D eigenvalue weighted by Crippen LogP contribution is 2.25. The summed E-state index contributed by atoms with van der Waals surface area (Å²) in [6.07, 6.45) is 4.46. The molecule has 0 aromatic carbocycles. The molecule has 0 spiro atoms. The van der Waals surface area contributed by atoms with Crippen LogP contribution < -0.4 is 4.90 Å². The van der Waals surface area contributed by atoms with Gasteiger partial charge < -0.3 is 9.80 Å². The van der Waals surface area contributed by atoms with Crippen LogP contribution in [0.15, 0.2) is 18.3 Å². The van der Waals surface area contributed by atoms with Gasteiger partial charge in [0.25, 0.3) is 0 Å². The van der Waals surface area contributed by atoms with Crippen molar-refractivity contribution in [1.82, 2.24) is 14.8 Å². The van der Waals surface area contributed by atoms with Crippen LogP contribution in [0.25, 0.3) is 4.85 Å². The molecule has 140 valence electrons. The lowest BCUT2D eigenvalue weighted by molar-refractivity contribution is -0.136. The monoisotopic (exact) mass is 355 g/mol. The summed E-state index contributed by atoms with van der Waals surface area (Å²) in [6, 6.07) is 4.27. The van der Waals surface area contributed by atoms with Gasteiger partial charge in [-0.25, -0.2) is 4.85 Å². The van der Waals surface area contributed by atoms with Gasteiger partial charge in [-0.3, -0.25) is 14.7 Å². The topological polar surface area (TPSA) is 44.0 Å². The molecule has 3 heterocycles. The minimum atomic E-state index is 0.138. The lowest BCUT2D eigenvalue weighted by Gasteiger charge is -2.34. The molecule has 0 atom stereocenters. The Kier molecular flexibility index (Phi) is 6.10. The molecule has 2 aliphatic rings. The second-order valence-electron chi connectivity index (χ2n) is 7.56. The highest BCUT2D eigenvalue weighted by Gasteiger charge is 2.30. The first-order valence-electron chi connectivity index (χ1n) is 9.70. The van der Waals surface area contributed by atoms with E-state index in [-0.39, 0.29) is 5.92 Å². The summed E-state index contributed by atoms with van der Waals surface area (Å²) in [5, 5.41) is 0. The number of piperidine rings is 1. The Morgan fingerprint density at radius 1 is 1.15 bits per heavy atom. The highest BCUT2D eigenvalue weighted by molar-refractivity contribution is 5.79. The third-order valence-corrected chi connectivity index (χ3v) is 5.60. The van der Waals surface area contributed by atoms with E-state index in [4.69, 9.17) is 6.57 Å². The Labute approximate surface area is 156 Å². The van der Waals surface area contributed by atoms with Gasteiger partial charge in [-0.05, 0) is 39.2 Å². The molecular formula is C20H29N5O. The molecule has 0 aliphatic carbocycles. The fourth-order valence-electron chi connectivity index (χ4n) is 3.92. The van der Waals surface area contributed by atoms with Crippen molar-refractivity contribution in [3.63, 3.8) is 0 Å². The van der Waals surface area contributed by atoms with E-state index in [9.17, 15) is 4.79 Å². The third-order valence-electron chi connectivity index (χ3n) is 5.60. The maximum absolute atomic E-state index is 12.9. The van der Waals surface area contributed by atoms with Crippen LogP contribution in [0.1, 0.15) is 33.1 Å². The van der Waals surface area contributed by atoms with Crippen molar-refractivity contribution in [2.45, 2.75) is 39.2 Å². The largest absolute Gasteiger partial charge is 0.357 e. The molecule has 1 amide bonds. The van der Waals surface area contributed by atoms with Gasteiger partial charge in [0.1, 0.15) is 5.82 Å². The predicted octanol–water partition coefficient (Wildman–Crippen LogP) is 2.79. The molecule has 2 fully saturated rings. The summed E-state index contributed by atoms with van der Waals surface area (Å²) >= 11 is 0. The zero-order valence-corrected chi connectivity index (χ0v) is 15.9. The first-order chi connectivity index (χ1) is 12.6. The number of rotatable bonds is 3. The van der Waals surface area contributed by atoms with Gasteiger partial charge in [0.2, 0.25) is 11.6 Å². The lowest BCUT2D eigenvalue weighted by atomic mass is 9.95. The molecule has 2 aliphatic heterocycles. The number of nitrogens with zero attached hydrogens (tertiary/aromatic N) is 5. The minimum Gasteiger partial charge on any atom is -0.357 e. The van der Waals surface area contributed by atoms with E-state index in [1.807, 2.05) is 12.1 Å². The molecule has 0 bridgehead atoms. The SMILES string of the molecule is [C-]#[N+]c1ccc(N2CCC(C(=O)N3CCCN(C(C)C)CC3)CC2)nc1. The smallest absolute Gasteiger partial charge is 0.225 e. The number of carbonyl (C=O) groups excluding carboxylic acids is 1. The van der Waals surface area contributed by atoms with Gasteiger partial charge in [0.15, 0.2) is 0 Å². The number of anilines is 1. The Hall–Kier alpha value is -2.13. The molecule has 2 saturated heterocycles. The van der Waals surface area contributed by atoms with Crippen LogP contribution in [0.4, 0.5) is 11.5 Å². The first kappa shape index (κ1) is 18.7. The molecule has 3 rings (SSSR count). The van der Waals surface area contributed by atoms with Gasteiger partial charge in [-0.15, -0.1) is 0 Å². The Balaban J connectivity index is 1.52. The zero-order valence-electron chi connectivity index (χ0n) is 15.9. The van der Waals surface area contributed by atoms with Crippen molar-refractivity contribution in [1.29, 1.82) is 0 Å². The highest BCUT2D eigenvalue weighted by atomic mass is 16.2. The van der Waals surface area contributed by atoms with Crippen molar-refractivity contribution in [2.24, 2.45) is 5.92 Å². The molecule has 6 heteroatoms. The fraction of sp³-hybridized carbons (Fsp3) is 0.650. The van der Waals surface area contributed by atoms with Crippen LogP contribution in [0.3, 0.4) is 0 Å². The number of aromatic nitrogens is 1.